The van der Waals surface area contributed by atoms with Crippen molar-refractivity contribution in [3.8, 4) is 11.1 Å². The molecule has 1 aliphatic carbocycles. The molecule has 0 radical (unpaired) electrons. The van der Waals surface area contributed by atoms with Gasteiger partial charge < -0.3 is 9.64 Å². The summed E-state index contributed by atoms with van der Waals surface area (Å²) in [6, 6.07) is 14.2. The summed E-state index contributed by atoms with van der Waals surface area (Å²) < 4.78 is 21.7. The van der Waals surface area contributed by atoms with E-state index < -0.39 is 23.4 Å². The van der Waals surface area contributed by atoms with Gasteiger partial charge in [0.25, 0.3) is 5.91 Å². The van der Waals surface area contributed by atoms with E-state index in [1.54, 1.807) is 12.3 Å². The van der Waals surface area contributed by atoms with E-state index in [0.717, 1.165) is 29.3 Å². The van der Waals surface area contributed by atoms with Gasteiger partial charge in [0.05, 0.1) is 24.8 Å². The normalized spacial score (nSPS) is 20.6. The predicted molar refractivity (Wildman–Crippen MR) is 139 cm³/mol. The molecule has 3 fully saturated rings. The molecule has 9 heteroatoms. The lowest BCUT2D eigenvalue weighted by Crippen LogP contribution is -2.60. The van der Waals surface area contributed by atoms with Crippen LogP contribution in [-0.4, -0.2) is 71.6 Å². The van der Waals surface area contributed by atoms with Crippen LogP contribution in [0.5, 0.6) is 0 Å². The number of hydrogen-bond donors (Lipinski definition) is 1. The number of ether oxygens (including phenoxy) is 1. The number of carbonyl (C=O) groups is 2. The lowest BCUT2D eigenvalue weighted by atomic mass is 9.87. The first-order valence-corrected chi connectivity index (χ1v) is 13.1. The summed E-state index contributed by atoms with van der Waals surface area (Å²) in [6.07, 6.45) is 5.15. The van der Waals surface area contributed by atoms with Gasteiger partial charge in [-0.3, -0.25) is 24.3 Å². The van der Waals surface area contributed by atoms with Crippen molar-refractivity contribution in [2.45, 2.75) is 43.4 Å². The van der Waals surface area contributed by atoms with Gasteiger partial charge in [-0.1, -0.05) is 30.3 Å². The molecule has 8 nitrogen and oxygen atoms in total. The third kappa shape index (κ3) is 4.77. The van der Waals surface area contributed by atoms with Gasteiger partial charge in [0.1, 0.15) is 18.5 Å². The van der Waals surface area contributed by atoms with Gasteiger partial charge in [-0.25, -0.2) is 9.87 Å². The Hall–Kier alpha value is -3.40. The molecule has 1 saturated carbocycles. The van der Waals surface area contributed by atoms with Crippen LogP contribution < -0.4 is 5.48 Å². The maximum absolute atomic E-state index is 15.7. The number of piperidine rings is 1. The largest absolute Gasteiger partial charge is 0.363 e. The Balaban J connectivity index is 1.23. The summed E-state index contributed by atoms with van der Waals surface area (Å²) in [7, 11) is 1.37. The lowest BCUT2D eigenvalue weighted by Gasteiger charge is -2.48. The van der Waals surface area contributed by atoms with Gasteiger partial charge in [-0.05, 0) is 55.0 Å². The predicted octanol–water partition coefficient (Wildman–Crippen LogP) is 3.62. The number of nitrogens with one attached hydrogen (secondary N) is 1. The smallest absolute Gasteiger partial charge is 0.265 e. The highest BCUT2D eigenvalue weighted by atomic mass is 19.1. The van der Waals surface area contributed by atoms with Crippen molar-refractivity contribution in [3.63, 3.8) is 0 Å². The fourth-order valence-electron chi connectivity index (χ4n) is 5.79. The fraction of sp³-hybridized carbons (Fsp3) is 0.414. The van der Waals surface area contributed by atoms with E-state index in [0.29, 0.717) is 44.1 Å². The highest BCUT2D eigenvalue weighted by Crippen LogP contribution is 2.38. The van der Waals surface area contributed by atoms with Crippen LogP contribution in [-0.2, 0) is 19.2 Å². The molecule has 1 atom stereocenters. The summed E-state index contributed by atoms with van der Waals surface area (Å²) in [5, 5.41) is 1.01. The third-order valence-corrected chi connectivity index (χ3v) is 8.03. The van der Waals surface area contributed by atoms with E-state index >= 15 is 4.39 Å². The Morgan fingerprint density at radius 1 is 1.16 bits per heavy atom. The number of halogens is 1. The lowest BCUT2D eigenvalue weighted by molar-refractivity contribution is -0.174. The summed E-state index contributed by atoms with van der Waals surface area (Å²) >= 11 is 0. The van der Waals surface area contributed by atoms with E-state index in [-0.39, 0.29) is 18.1 Å². The second-order valence-electron chi connectivity index (χ2n) is 10.5. The summed E-state index contributed by atoms with van der Waals surface area (Å²) in [5.74, 6) is -0.828. The van der Waals surface area contributed by atoms with Crippen LogP contribution in [0.1, 0.15) is 37.3 Å². The molecular weight excluding hydrogens is 487 g/mol. The number of morpholine rings is 1. The summed E-state index contributed by atoms with van der Waals surface area (Å²) in [4.78, 5) is 38.7. The number of nitrogens with zero attached hydrogens (tertiary/aromatic N) is 3. The first kappa shape index (κ1) is 24.9. The van der Waals surface area contributed by atoms with E-state index in [1.165, 1.54) is 13.2 Å². The topological polar surface area (TPSA) is 84.0 Å². The Morgan fingerprint density at radius 3 is 2.66 bits per heavy atom. The summed E-state index contributed by atoms with van der Waals surface area (Å²) in [6.45, 7) is 1.76. The Labute approximate surface area is 220 Å². The first-order chi connectivity index (χ1) is 18.5. The standard InChI is InChI=1S/C29H31FN4O4/c1-37-32-28(36)27(33-13-10-29(11-14-33)18-34(22-7-8-22)26(35)17-38-29)23-9-6-20(15-24(23)30)21-5-4-19-3-2-12-31-25(19)16-21/h2-6,9,12,15-16,22,27H,7-8,10-11,13-14,17-18H2,1H3,(H,32,36). The maximum Gasteiger partial charge on any atom is 0.265 e. The number of rotatable bonds is 6. The van der Waals surface area contributed by atoms with Crippen molar-refractivity contribution in [1.29, 1.82) is 0 Å². The average Bonchev–Trinajstić information content (AvgIpc) is 3.78. The van der Waals surface area contributed by atoms with Crippen molar-refractivity contribution in [3.05, 3.63) is 66.1 Å². The van der Waals surface area contributed by atoms with Gasteiger partial charge in [0.2, 0.25) is 5.91 Å². The number of likely N-dealkylation sites (tertiary alicyclic amines) is 1. The molecule has 198 valence electrons. The van der Waals surface area contributed by atoms with Crippen LogP contribution in [0.2, 0.25) is 0 Å². The number of carbonyl (C=O) groups excluding carboxylic acids is 2. The molecule has 3 aliphatic rings. The number of amides is 2. The van der Waals surface area contributed by atoms with Crippen LogP contribution >= 0.6 is 0 Å². The van der Waals surface area contributed by atoms with E-state index in [2.05, 4.69) is 10.5 Å². The van der Waals surface area contributed by atoms with Crippen LogP contribution in [0.25, 0.3) is 22.0 Å². The van der Waals surface area contributed by atoms with Crippen molar-refractivity contribution in [2.75, 3.05) is 33.4 Å². The zero-order valence-electron chi connectivity index (χ0n) is 21.4. The number of benzene rings is 2. The van der Waals surface area contributed by atoms with Gasteiger partial charge >= 0.3 is 0 Å². The molecule has 3 aromatic rings. The molecule has 1 N–H and O–H groups in total. The molecule has 1 spiro atoms. The molecule has 2 aliphatic heterocycles. The molecule has 2 amide bonds. The minimum Gasteiger partial charge on any atom is -0.363 e. The minimum atomic E-state index is -0.857. The first-order valence-electron chi connectivity index (χ1n) is 13.1. The second kappa shape index (κ2) is 10.1. The molecule has 0 bridgehead atoms. The monoisotopic (exact) mass is 518 g/mol. The van der Waals surface area contributed by atoms with Gasteiger partial charge in [0, 0.05) is 36.3 Å². The average molecular weight is 519 g/mol. The van der Waals surface area contributed by atoms with Crippen LogP contribution in [0.4, 0.5) is 4.39 Å². The second-order valence-corrected chi connectivity index (χ2v) is 10.5. The maximum atomic E-state index is 15.7. The molecular formula is C29H31FN4O4. The van der Waals surface area contributed by atoms with E-state index in [4.69, 9.17) is 9.57 Å². The number of hydroxylamine groups is 1. The molecule has 2 aromatic carbocycles. The molecule has 2 saturated heterocycles. The van der Waals surface area contributed by atoms with E-state index in [9.17, 15) is 9.59 Å². The zero-order valence-corrected chi connectivity index (χ0v) is 21.4. The fourth-order valence-corrected chi connectivity index (χ4v) is 5.79. The molecule has 3 heterocycles. The van der Waals surface area contributed by atoms with Crippen molar-refractivity contribution >= 4 is 22.7 Å². The van der Waals surface area contributed by atoms with Crippen LogP contribution in [0.3, 0.4) is 0 Å². The molecule has 38 heavy (non-hydrogen) atoms. The molecule has 1 aromatic heterocycles. The van der Waals surface area contributed by atoms with Gasteiger partial charge in [-0.15, -0.1) is 0 Å². The number of hydrogen-bond acceptors (Lipinski definition) is 6. The summed E-state index contributed by atoms with van der Waals surface area (Å²) in [5.41, 5.74) is 4.67. The highest BCUT2D eigenvalue weighted by molar-refractivity contribution is 5.85. The van der Waals surface area contributed by atoms with E-state index in [1.807, 2.05) is 46.2 Å². The molecule has 6 rings (SSSR count). The third-order valence-electron chi connectivity index (χ3n) is 8.03. The zero-order chi connectivity index (χ0) is 26.3. The highest BCUT2D eigenvalue weighted by Gasteiger charge is 2.47. The van der Waals surface area contributed by atoms with Crippen molar-refractivity contribution < 1.29 is 23.6 Å². The number of fused-ring (bicyclic) bond motifs is 1. The van der Waals surface area contributed by atoms with Crippen molar-refractivity contribution in [1.82, 2.24) is 20.3 Å². The quantitative estimate of drug-likeness (QED) is 0.502. The van der Waals surface area contributed by atoms with Crippen LogP contribution in [0.15, 0.2) is 54.7 Å². The number of pyridine rings is 1. The van der Waals surface area contributed by atoms with Crippen LogP contribution in [0, 0.1) is 5.82 Å². The van der Waals surface area contributed by atoms with Crippen molar-refractivity contribution in [2.24, 2.45) is 0 Å². The Morgan fingerprint density at radius 2 is 1.92 bits per heavy atom. The SMILES string of the molecule is CONC(=O)C(c1ccc(-c2ccc3cccnc3c2)cc1F)N1CCC2(CC1)CN(C1CC1)C(=O)CO2. The molecule has 1 unspecified atom stereocenters. The van der Waals surface area contributed by atoms with Gasteiger partial charge in [-0.2, -0.15) is 0 Å². The minimum absolute atomic E-state index is 0.0576. The Bertz CT molecular complexity index is 1370. The van der Waals surface area contributed by atoms with Gasteiger partial charge in [0.15, 0.2) is 0 Å². The number of aromatic nitrogens is 1. The Kier molecular flexibility index (Phi) is 6.59.